The molecule has 0 radical (unpaired) electrons. The molecule has 0 aliphatic carbocycles. The van der Waals surface area contributed by atoms with Crippen LogP contribution < -0.4 is 14.9 Å². The summed E-state index contributed by atoms with van der Waals surface area (Å²) >= 11 is 0. The summed E-state index contributed by atoms with van der Waals surface area (Å²) in [5.41, 5.74) is 3.13. The number of carbonyl (C=O) groups is 1. The van der Waals surface area contributed by atoms with E-state index in [9.17, 15) is 9.59 Å². The minimum absolute atomic E-state index is 0.0872. The van der Waals surface area contributed by atoms with Crippen molar-refractivity contribution in [2.24, 2.45) is 0 Å². The van der Waals surface area contributed by atoms with Crippen LogP contribution in [0.15, 0.2) is 52.2 Å². The second-order valence-electron chi connectivity index (χ2n) is 7.62. The van der Waals surface area contributed by atoms with Gasteiger partial charge in [0.15, 0.2) is 16.9 Å². The lowest BCUT2D eigenvalue weighted by Gasteiger charge is -2.24. The van der Waals surface area contributed by atoms with E-state index < -0.39 is 6.04 Å². The highest BCUT2D eigenvalue weighted by atomic mass is 16.5. The van der Waals surface area contributed by atoms with Gasteiger partial charge in [-0.2, -0.15) is 0 Å². The number of fused-ring (bicyclic) bond motifs is 2. The topological polar surface area (TPSA) is 69.0 Å². The number of aryl methyl sites for hydroxylation is 2. The minimum atomic E-state index is -0.605. The van der Waals surface area contributed by atoms with Crippen molar-refractivity contribution >= 4 is 16.9 Å². The van der Waals surface area contributed by atoms with Crippen LogP contribution in [0.4, 0.5) is 0 Å². The number of nitrogens with zero attached hydrogens (tertiary/aromatic N) is 1. The maximum absolute atomic E-state index is 13.6. The van der Waals surface area contributed by atoms with Crippen LogP contribution in [-0.2, 0) is 0 Å². The molecule has 4 rings (SSSR count). The quantitative estimate of drug-likeness (QED) is 0.549. The molecular formula is C25H25NO5. The van der Waals surface area contributed by atoms with E-state index in [1.54, 1.807) is 30.2 Å². The molecule has 160 valence electrons. The first-order chi connectivity index (χ1) is 14.9. The predicted octanol–water partition coefficient (Wildman–Crippen LogP) is 4.55. The highest BCUT2D eigenvalue weighted by Gasteiger charge is 2.42. The molecule has 2 aromatic carbocycles. The van der Waals surface area contributed by atoms with E-state index in [4.69, 9.17) is 13.9 Å². The van der Waals surface area contributed by atoms with Crippen LogP contribution >= 0.6 is 0 Å². The third kappa shape index (κ3) is 3.28. The van der Waals surface area contributed by atoms with E-state index in [1.807, 2.05) is 39.0 Å². The lowest BCUT2D eigenvalue weighted by Crippen LogP contribution is -2.29. The fourth-order valence-corrected chi connectivity index (χ4v) is 4.28. The summed E-state index contributed by atoms with van der Waals surface area (Å²) in [7, 11) is 1.56. The molecule has 1 aliphatic heterocycles. The molecule has 31 heavy (non-hydrogen) atoms. The number of ether oxygens (including phenoxy) is 2. The summed E-state index contributed by atoms with van der Waals surface area (Å²) in [5, 5.41) is 0.479. The molecule has 1 amide bonds. The van der Waals surface area contributed by atoms with Crippen LogP contribution in [0.25, 0.3) is 11.0 Å². The average Bonchev–Trinajstić information content (AvgIpc) is 3.02. The molecule has 2 heterocycles. The maximum Gasteiger partial charge on any atom is 0.291 e. The molecule has 0 N–H and O–H groups in total. The van der Waals surface area contributed by atoms with Crippen LogP contribution in [0.3, 0.4) is 0 Å². The van der Waals surface area contributed by atoms with Gasteiger partial charge in [0.1, 0.15) is 5.58 Å². The molecule has 0 fully saturated rings. The van der Waals surface area contributed by atoms with Crippen LogP contribution in [0.1, 0.15) is 45.8 Å². The average molecular weight is 419 g/mol. The van der Waals surface area contributed by atoms with E-state index in [0.29, 0.717) is 34.6 Å². The Labute approximate surface area is 180 Å². The van der Waals surface area contributed by atoms with E-state index >= 15 is 0 Å². The van der Waals surface area contributed by atoms with Gasteiger partial charge in [-0.3, -0.25) is 9.59 Å². The summed E-state index contributed by atoms with van der Waals surface area (Å²) < 4.78 is 17.2. The molecule has 0 saturated carbocycles. The monoisotopic (exact) mass is 419 g/mol. The summed E-state index contributed by atoms with van der Waals surface area (Å²) in [4.78, 5) is 28.5. The number of carbonyl (C=O) groups excluding carboxylic acids is 1. The zero-order valence-electron chi connectivity index (χ0n) is 18.2. The number of methoxy groups -OCH3 is 1. The first-order valence-electron chi connectivity index (χ1n) is 10.2. The Morgan fingerprint density at radius 1 is 1.16 bits per heavy atom. The molecule has 1 unspecified atom stereocenters. The standard InChI is InChI=1S/C25H25NO5/c1-6-10-26-21(16-8-9-18(30-7-2)19(13-16)29-5)20-22(27)17-12-14(3)11-15(4)23(17)31-24(20)25(26)28/h6,8-9,11-13,21H,1,7,10H2,2-5H3. The van der Waals surface area contributed by atoms with Gasteiger partial charge in [0.25, 0.3) is 5.91 Å². The van der Waals surface area contributed by atoms with Gasteiger partial charge >= 0.3 is 0 Å². The summed E-state index contributed by atoms with van der Waals surface area (Å²) in [6.45, 7) is 10.3. The smallest absolute Gasteiger partial charge is 0.291 e. The fourth-order valence-electron chi connectivity index (χ4n) is 4.28. The Morgan fingerprint density at radius 3 is 2.61 bits per heavy atom. The molecular weight excluding hydrogens is 394 g/mol. The van der Waals surface area contributed by atoms with Crippen LogP contribution in [-0.4, -0.2) is 31.1 Å². The van der Waals surface area contributed by atoms with Crippen molar-refractivity contribution in [1.82, 2.24) is 4.90 Å². The second-order valence-corrected chi connectivity index (χ2v) is 7.62. The van der Waals surface area contributed by atoms with Gasteiger partial charge in [-0.25, -0.2) is 0 Å². The number of rotatable bonds is 6. The van der Waals surface area contributed by atoms with Crippen LogP contribution in [0.2, 0.25) is 0 Å². The van der Waals surface area contributed by atoms with Gasteiger partial charge in [0.05, 0.1) is 30.7 Å². The van der Waals surface area contributed by atoms with Gasteiger partial charge in [-0.05, 0) is 55.7 Å². The van der Waals surface area contributed by atoms with Crippen molar-refractivity contribution < 1.29 is 18.7 Å². The molecule has 0 saturated heterocycles. The largest absolute Gasteiger partial charge is 0.493 e. The molecule has 1 aliphatic rings. The molecule has 3 aromatic rings. The Hall–Kier alpha value is -3.54. The van der Waals surface area contributed by atoms with Crippen molar-refractivity contribution in [3.8, 4) is 11.5 Å². The Morgan fingerprint density at radius 2 is 1.94 bits per heavy atom. The number of hydrogen-bond acceptors (Lipinski definition) is 5. The van der Waals surface area contributed by atoms with Gasteiger partial charge in [-0.15, -0.1) is 6.58 Å². The lowest BCUT2D eigenvalue weighted by molar-refractivity contribution is 0.0748. The van der Waals surface area contributed by atoms with Crippen LogP contribution in [0.5, 0.6) is 11.5 Å². The zero-order chi connectivity index (χ0) is 22.3. The fraction of sp³-hybridized carbons (Fsp3) is 0.280. The van der Waals surface area contributed by atoms with E-state index in [1.165, 1.54) is 0 Å². The Balaban J connectivity index is 1.99. The van der Waals surface area contributed by atoms with Crippen LogP contribution in [0, 0.1) is 13.8 Å². The Kier molecular flexibility index (Phi) is 5.31. The van der Waals surface area contributed by atoms with E-state index in [-0.39, 0.29) is 23.6 Å². The zero-order valence-corrected chi connectivity index (χ0v) is 18.2. The molecule has 1 aromatic heterocycles. The summed E-state index contributed by atoms with van der Waals surface area (Å²) in [6, 6.07) is 8.59. The van der Waals surface area contributed by atoms with Crippen molar-refractivity contribution in [2.75, 3.05) is 20.3 Å². The van der Waals surface area contributed by atoms with Crippen molar-refractivity contribution in [2.45, 2.75) is 26.8 Å². The molecule has 6 heteroatoms. The normalized spacial score (nSPS) is 15.3. The summed E-state index contributed by atoms with van der Waals surface area (Å²) in [5.74, 6) is 0.900. The minimum Gasteiger partial charge on any atom is -0.493 e. The predicted molar refractivity (Wildman–Crippen MR) is 119 cm³/mol. The molecule has 1 atom stereocenters. The van der Waals surface area contributed by atoms with Crippen molar-refractivity contribution in [1.29, 1.82) is 0 Å². The van der Waals surface area contributed by atoms with E-state index in [2.05, 4.69) is 6.58 Å². The van der Waals surface area contributed by atoms with Gasteiger partial charge in [0, 0.05) is 6.54 Å². The Bertz CT molecular complexity index is 1260. The molecule has 0 spiro atoms. The highest BCUT2D eigenvalue weighted by Crippen LogP contribution is 2.41. The number of amides is 1. The highest BCUT2D eigenvalue weighted by molar-refractivity contribution is 5.99. The maximum atomic E-state index is 13.6. The lowest BCUT2D eigenvalue weighted by atomic mass is 9.97. The molecule has 6 nitrogen and oxygen atoms in total. The molecule has 0 bridgehead atoms. The number of hydrogen-bond donors (Lipinski definition) is 0. The number of benzene rings is 2. The van der Waals surface area contributed by atoms with Crippen molar-refractivity contribution in [3.63, 3.8) is 0 Å². The third-order valence-electron chi connectivity index (χ3n) is 5.53. The van der Waals surface area contributed by atoms with Gasteiger partial charge in [0.2, 0.25) is 5.76 Å². The van der Waals surface area contributed by atoms with E-state index in [0.717, 1.165) is 16.7 Å². The summed E-state index contributed by atoms with van der Waals surface area (Å²) in [6.07, 6.45) is 1.64. The third-order valence-corrected chi connectivity index (χ3v) is 5.53. The SMILES string of the molecule is C=CCN1C(=O)c2oc3c(C)cc(C)cc3c(=O)c2C1c1ccc(OCC)c(OC)c1. The first kappa shape index (κ1) is 20.7. The van der Waals surface area contributed by atoms with Crippen molar-refractivity contribution in [3.05, 3.63) is 81.2 Å². The second kappa shape index (κ2) is 7.95. The van der Waals surface area contributed by atoms with Gasteiger partial charge < -0.3 is 18.8 Å². The van der Waals surface area contributed by atoms with Gasteiger partial charge in [-0.1, -0.05) is 18.2 Å². The first-order valence-corrected chi connectivity index (χ1v) is 10.2.